The highest BCUT2D eigenvalue weighted by molar-refractivity contribution is 6.06. The number of alkyl halides is 3. The molecular formula is C26H19F4N5O2. The van der Waals surface area contributed by atoms with E-state index in [9.17, 15) is 27.5 Å². The van der Waals surface area contributed by atoms with Gasteiger partial charge in [-0.2, -0.15) is 18.3 Å². The number of nitrogens with one attached hydrogen (secondary N) is 2. The molecule has 0 spiro atoms. The lowest BCUT2D eigenvalue weighted by Crippen LogP contribution is -2.18. The van der Waals surface area contributed by atoms with Gasteiger partial charge in [-0.25, -0.2) is 9.37 Å². The first-order chi connectivity index (χ1) is 17.6. The van der Waals surface area contributed by atoms with E-state index in [0.29, 0.717) is 28.5 Å². The van der Waals surface area contributed by atoms with E-state index in [1.165, 1.54) is 12.3 Å². The number of imidazole rings is 1. The zero-order valence-corrected chi connectivity index (χ0v) is 19.2. The van der Waals surface area contributed by atoms with Crippen molar-refractivity contribution in [3.8, 4) is 22.5 Å². The summed E-state index contributed by atoms with van der Waals surface area (Å²) in [6.07, 6.45) is -2.78. The summed E-state index contributed by atoms with van der Waals surface area (Å²) in [7, 11) is 0. The zero-order chi connectivity index (χ0) is 26.3. The van der Waals surface area contributed by atoms with Crippen molar-refractivity contribution < 1.29 is 27.5 Å². The number of pyridine rings is 1. The molecule has 0 unspecified atom stereocenters. The summed E-state index contributed by atoms with van der Waals surface area (Å²) in [4.78, 5) is 17.9. The molecule has 0 fully saturated rings. The van der Waals surface area contributed by atoms with Crippen LogP contribution in [0.4, 0.5) is 23.4 Å². The van der Waals surface area contributed by atoms with Crippen LogP contribution in [-0.2, 0) is 6.18 Å². The Labute approximate surface area is 207 Å². The number of aromatic nitrogens is 4. The number of nitrogens with zero attached hydrogens (tertiary/aromatic N) is 3. The Morgan fingerprint density at radius 3 is 2.51 bits per heavy atom. The standard InChI is InChI=1S/C26H19F4N5O2/c1-14(36)16-8-10-35-22(11-16)32-23(15-5-3-2-4-6-15)24(35)33-25(37)18-12-17(21-7-9-31-34-21)19(13-20(18)27)26(28,29)30/h2-14,36H,1H3,(H,31,34)(H,33,37)/t14-/m0/s1. The average Bonchev–Trinajstić information content (AvgIpc) is 3.52. The van der Waals surface area contributed by atoms with Crippen LogP contribution in [0.15, 0.2) is 73.1 Å². The number of aromatic amines is 1. The van der Waals surface area contributed by atoms with Crippen molar-refractivity contribution in [3.05, 3.63) is 95.6 Å². The van der Waals surface area contributed by atoms with Crippen LogP contribution in [0.2, 0.25) is 0 Å². The zero-order valence-electron chi connectivity index (χ0n) is 19.2. The number of rotatable bonds is 5. The number of hydrogen-bond donors (Lipinski definition) is 3. The number of hydrogen-bond acceptors (Lipinski definition) is 4. The lowest BCUT2D eigenvalue weighted by Gasteiger charge is -2.15. The number of amides is 1. The maximum absolute atomic E-state index is 14.9. The highest BCUT2D eigenvalue weighted by Crippen LogP contribution is 2.38. The van der Waals surface area contributed by atoms with Crippen molar-refractivity contribution in [2.75, 3.05) is 5.32 Å². The molecule has 0 aliphatic rings. The molecule has 0 aliphatic heterocycles. The highest BCUT2D eigenvalue weighted by atomic mass is 19.4. The summed E-state index contributed by atoms with van der Waals surface area (Å²) in [5, 5.41) is 18.7. The predicted octanol–water partition coefficient (Wildman–Crippen LogP) is 5.85. The van der Waals surface area contributed by atoms with E-state index in [1.807, 2.05) is 0 Å². The van der Waals surface area contributed by atoms with Gasteiger partial charge in [-0.3, -0.25) is 14.3 Å². The molecule has 0 saturated carbocycles. The molecule has 1 atom stereocenters. The number of fused-ring (bicyclic) bond motifs is 1. The summed E-state index contributed by atoms with van der Waals surface area (Å²) in [6, 6.07) is 14.6. The Kier molecular flexibility index (Phi) is 6.00. The Morgan fingerprint density at radius 2 is 1.86 bits per heavy atom. The number of carbonyl (C=O) groups excluding carboxylic acids is 1. The molecule has 3 heterocycles. The molecule has 3 aromatic heterocycles. The fourth-order valence-electron chi connectivity index (χ4n) is 4.02. The third kappa shape index (κ3) is 4.56. The van der Waals surface area contributed by atoms with Crippen molar-refractivity contribution in [3.63, 3.8) is 0 Å². The normalized spacial score (nSPS) is 12.6. The van der Waals surface area contributed by atoms with E-state index in [0.717, 1.165) is 6.07 Å². The van der Waals surface area contributed by atoms with Crippen LogP contribution in [0, 0.1) is 5.82 Å². The van der Waals surface area contributed by atoms with Crippen molar-refractivity contribution >= 4 is 17.4 Å². The quantitative estimate of drug-likeness (QED) is 0.259. The summed E-state index contributed by atoms with van der Waals surface area (Å²) in [5.41, 5.74) is -0.273. The Morgan fingerprint density at radius 1 is 1.11 bits per heavy atom. The first-order valence-electron chi connectivity index (χ1n) is 11.1. The van der Waals surface area contributed by atoms with Gasteiger partial charge in [-0.1, -0.05) is 30.3 Å². The minimum Gasteiger partial charge on any atom is -0.389 e. The molecule has 0 radical (unpaired) electrons. The lowest BCUT2D eigenvalue weighted by molar-refractivity contribution is -0.137. The minimum absolute atomic E-state index is 0.0215. The maximum atomic E-state index is 14.9. The average molecular weight is 509 g/mol. The molecule has 2 aromatic carbocycles. The van der Waals surface area contributed by atoms with E-state index in [-0.39, 0.29) is 11.5 Å². The minimum atomic E-state index is -4.86. The molecule has 188 valence electrons. The van der Waals surface area contributed by atoms with E-state index < -0.39 is 40.7 Å². The summed E-state index contributed by atoms with van der Waals surface area (Å²) in [6.45, 7) is 1.60. The first kappa shape index (κ1) is 24.2. The Bertz CT molecular complexity index is 1590. The van der Waals surface area contributed by atoms with Gasteiger partial charge in [0.2, 0.25) is 0 Å². The van der Waals surface area contributed by atoms with Crippen molar-refractivity contribution in [2.45, 2.75) is 19.2 Å². The molecule has 37 heavy (non-hydrogen) atoms. The molecule has 5 aromatic rings. The number of carbonyl (C=O) groups is 1. The molecule has 0 bridgehead atoms. The molecule has 5 rings (SSSR count). The third-order valence-electron chi connectivity index (χ3n) is 5.86. The fraction of sp³-hybridized carbons (Fsp3) is 0.115. The number of anilines is 1. The van der Waals surface area contributed by atoms with Gasteiger partial charge in [-0.15, -0.1) is 0 Å². The molecule has 0 saturated heterocycles. The van der Waals surface area contributed by atoms with Gasteiger partial charge in [0.05, 0.1) is 22.9 Å². The van der Waals surface area contributed by atoms with Crippen molar-refractivity contribution in [1.29, 1.82) is 0 Å². The fourth-order valence-corrected chi connectivity index (χ4v) is 4.02. The first-order valence-corrected chi connectivity index (χ1v) is 11.1. The van der Waals surface area contributed by atoms with Crippen LogP contribution in [0.25, 0.3) is 28.2 Å². The molecule has 3 N–H and O–H groups in total. The molecule has 7 nitrogen and oxygen atoms in total. The van der Waals surface area contributed by atoms with Gasteiger partial charge in [0.1, 0.15) is 23.0 Å². The lowest BCUT2D eigenvalue weighted by atomic mass is 9.99. The number of H-pyrrole nitrogens is 1. The topological polar surface area (TPSA) is 95.3 Å². The Balaban J connectivity index is 1.63. The van der Waals surface area contributed by atoms with Crippen molar-refractivity contribution in [2.24, 2.45) is 0 Å². The SMILES string of the molecule is C[C@H](O)c1ccn2c(NC(=O)c3cc(-c4ccn[nH]4)c(C(F)(F)F)cc3F)c(-c3ccccc3)nc2c1. The van der Waals surface area contributed by atoms with E-state index in [2.05, 4.69) is 20.5 Å². The van der Waals surface area contributed by atoms with Gasteiger partial charge in [-0.05, 0) is 42.8 Å². The van der Waals surface area contributed by atoms with Crippen molar-refractivity contribution in [1.82, 2.24) is 19.6 Å². The van der Waals surface area contributed by atoms with E-state index in [1.54, 1.807) is 60.0 Å². The van der Waals surface area contributed by atoms with Crippen LogP contribution < -0.4 is 5.32 Å². The largest absolute Gasteiger partial charge is 0.417 e. The number of aliphatic hydroxyl groups is 1. The van der Waals surface area contributed by atoms with Gasteiger partial charge >= 0.3 is 6.18 Å². The maximum Gasteiger partial charge on any atom is 0.417 e. The second kappa shape index (κ2) is 9.17. The van der Waals surface area contributed by atoms with Gasteiger partial charge in [0.25, 0.3) is 5.91 Å². The van der Waals surface area contributed by atoms with Crippen LogP contribution in [0.1, 0.15) is 34.5 Å². The molecule has 1 amide bonds. The van der Waals surface area contributed by atoms with E-state index >= 15 is 0 Å². The van der Waals surface area contributed by atoms with Gasteiger partial charge in [0.15, 0.2) is 0 Å². The number of halogens is 4. The van der Waals surface area contributed by atoms with Crippen LogP contribution in [0.3, 0.4) is 0 Å². The van der Waals surface area contributed by atoms with Crippen LogP contribution >= 0.6 is 0 Å². The summed E-state index contributed by atoms with van der Waals surface area (Å²) >= 11 is 0. The van der Waals surface area contributed by atoms with Gasteiger partial charge in [0, 0.05) is 23.5 Å². The predicted molar refractivity (Wildman–Crippen MR) is 128 cm³/mol. The smallest absolute Gasteiger partial charge is 0.389 e. The van der Waals surface area contributed by atoms with Crippen LogP contribution in [-0.4, -0.2) is 30.6 Å². The van der Waals surface area contributed by atoms with Crippen LogP contribution in [0.5, 0.6) is 0 Å². The third-order valence-corrected chi connectivity index (χ3v) is 5.86. The van der Waals surface area contributed by atoms with Gasteiger partial charge < -0.3 is 10.4 Å². The summed E-state index contributed by atoms with van der Waals surface area (Å²) in [5.74, 6) is -2.11. The molecule has 11 heteroatoms. The second-order valence-electron chi connectivity index (χ2n) is 8.34. The summed E-state index contributed by atoms with van der Waals surface area (Å²) < 4.78 is 57.4. The Hall–Kier alpha value is -4.51. The highest BCUT2D eigenvalue weighted by Gasteiger charge is 2.36. The van der Waals surface area contributed by atoms with E-state index in [4.69, 9.17) is 0 Å². The monoisotopic (exact) mass is 509 g/mol. The number of aliphatic hydroxyl groups excluding tert-OH is 1. The number of benzene rings is 2. The molecule has 0 aliphatic carbocycles. The molecular weight excluding hydrogens is 490 g/mol. The second-order valence-corrected chi connectivity index (χ2v) is 8.34.